The van der Waals surface area contributed by atoms with Crippen molar-refractivity contribution in [3.8, 4) is 0 Å². The van der Waals surface area contributed by atoms with E-state index >= 15 is 0 Å². The Labute approximate surface area is 121 Å². The van der Waals surface area contributed by atoms with Gasteiger partial charge < -0.3 is 10.3 Å². The molecule has 1 unspecified atom stereocenters. The highest BCUT2D eigenvalue weighted by molar-refractivity contribution is 5.33. The lowest BCUT2D eigenvalue weighted by molar-refractivity contribution is 0.172. The first-order chi connectivity index (χ1) is 9.62. The SMILES string of the molecule is CCC1CN(C)CCCN1Cc1nc(C)cc(NN)n1. The number of nitrogens with one attached hydrogen (secondary N) is 1. The molecule has 112 valence electrons. The first kappa shape index (κ1) is 15.2. The van der Waals surface area contributed by atoms with Gasteiger partial charge in [0.05, 0.1) is 6.54 Å². The van der Waals surface area contributed by atoms with Gasteiger partial charge in [0, 0.05) is 30.9 Å². The molecular formula is C14H26N6. The third-order valence-electron chi connectivity index (χ3n) is 3.89. The Morgan fingerprint density at radius 1 is 1.40 bits per heavy atom. The minimum atomic E-state index is 0.570. The van der Waals surface area contributed by atoms with E-state index in [1.165, 1.54) is 6.42 Å². The standard InChI is InChI=1S/C14H26N6/c1-4-12-9-19(3)6-5-7-20(12)10-14-16-11(2)8-13(17-14)18-15/h8,12H,4-7,9-10,15H2,1-3H3,(H,16,17,18). The summed E-state index contributed by atoms with van der Waals surface area (Å²) < 4.78 is 0. The summed E-state index contributed by atoms with van der Waals surface area (Å²) in [7, 11) is 2.20. The van der Waals surface area contributed by atoms with E-state index in [1.807, 2.05) is 13.0 Å². The highest BCUT2D eigenvalue weighted by Gasteiger charge is 2.22. The van der Waals surface area contributed by atoms with Crippen LogP contribution in [-0.4, -0.2) is 52.5 Å². The van der Waals surface area contributed by atoms with Crippen LogP contribution in [0.3, 0.4) is 0 Å². The Morgan fingerprint density at radius 3 is 2.90 bits per heavy atom. The molecule has 1 atom stereocenters. The maximum atomic E-state index is 5.46. The molecule has 1 aromatic rings. The fourth-order valence-electron chi connectivity index (χ4n) is 2.84. The summed E-state index contributed by atoms with van der Waals surface area (Å²) in [5.74, 6) is 6.99. The third-order valence-corrected chi connectivity index (χ3v) is 3.89. The zero-order valence-electron chi connectivity index (χ0n) is 12.8. The van der Waals surface area contributed by atoms with Crippen LogP contribution in [-0.2, 0) is 6.54 Å². The van der Waals surface area contributed by atoms with Crippen LogP contribution in [0, 0.1) is 6.92 Å². The Bertz CT molecular complexity index is 436. The van der Waals surface area contributed by atoms with Gasteiger partial charge in [-0.2, -0.15) is 0 Å². The van der Waals surface area contributed by atoms with Crippen molar-refractivity contribution in [2.45, 2.75) is 39.3 Å². The Hall–Kier alpha value is -1.24. The van der Waals surface area contributed by atoms with Crippen LogP contribution in [0.2, 0.25) is 0 Å². The lowest BCUT2D eigenvalue weighted by atomic mass is 10.2. The fraction of sp³-hybridized carbons (Fsp3) is 0.714. The van der Waals surface area contributed by atoms with Crippen molar-refractivity contribution in [2.75, 3.05) is 32.1 Å². The summed E-state index contributed by atoms with van der Waals surface area (Å²) in [5.41, 5.74) is 3.56. The predicted molar refractivity (Wildman–Crippen MR) is 81.2 cm³/mol. The second-order valence-corrected chi connectivity index (χ2v) is 5.60. The van der Waals surface area contributed by atoms with Crippen LogP contribution in [0.1, 0.15) is 31.3 Å². The minimum absolute atomic E-state index is 0.570. The van der Waals surface area contributed by atoms with Crippen molar-refractivity contribution in [3.63, 3.8) is 0 Å². The summed E-state index contributed by atoms with van der Waals surface area (Å²) in [6, 6.07) is 2.43. The van der Waals surface area contributed by atoms with E-state index in [1.54, 1.807) is 0 Å². The fourth-order valence-corrected chi connectivity index (χ4v) is 2.84. The van der Waals surface area contributed by atoms with E-state index in [9.17, 15) is 0 Å². The highest BCUT2D eigenvalue weighted by atomic mass is 15.3. The van der Waals surface area contributed by atoms with E-state index < -0.39 is 0 Å². The van der Waals surface area contributed by atoms with Gasteiger partial charge in [-0.3, -0.25) is 4.90 Å². The largest absolute Gasteiger partial charge is 0.308 e. The molecule has 0 aliphatic carbocycles. The van der Waals surface area contributed by atoms with Crippen molar-refractivity contribution < 1.29 is 0 Å². The van der Waals surface area contributed by atoms with Crippen LogP contribution in [0.4, 0.5) is 5.82 Å². The van der Waals surface area contributed by atoms with Gasteiger partial charge in [-0.05, 0) is 33.4 Å². The molecule has 0 spiro atoms. The van der Waals surface area contributed by atoms with Crippen LogP contribution < -0.4 is 11.3 Å². The van der Waals surface area contributed by atoms with E-state index in [-0.39, 0.29) is 0 Å². The number of hydrazine groups is 1. The molecule has 6 nitrogen and oxygen atoms in total. The van der Waals surface area contributed by atoms with Gasteiger partial charge in [0.1, 0.15) is 11.6 Å². The molecule has 6 heteroatoms. The van der Waals surface area contributed by atoms with Crippen LogP contribution in [0.25, 0.3) is 0 Å². The first-order valence-corrected chi connectivity index (χ1v) is 7.36. The van der Waals surface area contributed by atoms with Gasteiger partial charge >= 0.3 is 0 Å². The molecule has 0 aromatic carbocycles. The molecule has 20 heavy (non-hydrogen) atoms. The maximum absolute atomic E-state index is 5.46. The summed E-state index contributed by atoms with van der Waals surface area (Å²) in [4.78, 5) is 13.9. The summed E-state index contributed by atoms with van der Waals surface area (Å²) in [6.07, 6.45) is 2.35. The number of nitrogen functional groups attached to an aromatic ring is 1. The lowest BCUT2D eigenvalue weighted by Gasteiger charge is -2.29. The van der Waals surface area contributed by atoms with Crippen LogP contribution >= 0.6 is 0 Å². The van der Waals surface area contributed by atoms with E-state index in [4.69, 9.17) is 5.84 Å². The topological polar surface area (TPSA) is 70.3 Å². The Kier molecular flexibility index (Phi) is 5.28. The molecule has 1 fully saturated rings. The molecule has 1 aromatic heterocycles. The van der Waals surface area contributed by atoms with Crippen molar-refractivity contribution in [1.82, 2.24) is 19.8 Å². The van der Waals surface area contributed by atoms with Crippen molar-refractivity contribution in [2.24, 2.45) is 5.84 Å². The number of hydrogen-bond donors (Lipinski definition) is 2. The van der Waals surface area contributed by atoms with Gasteiger partial charge in [-0.25, -0.2) is 15.8 Å². The highest BCUT2D eigenvalue weighted by Crippen LogP contribution is 2.15. The predicted octanol–water partition coefficient (Wildman–Crippen LogP) is 0.987. The molecule has 0 saturated carbocycles. The van der Waals surface area contributed by atoms with Crippen molar-refractivity contribution >= 4 is 5.82 Å². The molecule has 0 radical (unpaired) electrons. The Morgan fingerprint density at radius 2 is 2.20 bits per heavy atom. The summed E-state index contributed by atoms with van der Waals surface area (Å²) >= 11 is 0. The van der Waals surface area contributed by atoms with Crippen LogP contribution in [0.5, 0.6) is 0 Å². The first-order valence-electron chi connectivity index (χ1n) is 7.36. The third kappa shape index (κ3) is 3.88. The van der Waals surface area contributed by atoms with Gasteiger partial charge in [0.25, 0.3) is 0 Å². The average molecular weight is 278 g/mol. The molecule has 3 N–H and O–H groups in total. The molecule has 0 amide bonds. The van der Waals surface area contributed by atoms with Crippen LogP contribution in [0.15, 0.2) is 6.07 Å². The quantitative estimate of drug-likeness (QED) is 0.632. The Balaban J connectivity index is 2.12. The number of aromatic nitrogens is 2. The monoisotopic (exact) mass is 278 g/mol. The molecular weight excluding hydrogens is 252 g/mol. The van der Waals surface area contributed by atoms with Gasteiger partial charge in [-0.15, -0.1) is 0 Å². The maximum Gasteiger partial charge on any atom is 0.145 e. The molecule has 2 heterocycles. The van der Waals surface area contributed by atoms with Gasteiger partial charge in [-0.1, -0.05) is 6.92 Å². The molecule has 1 saturated heterocycles. The lowest BCUT2D eigenvalue weighted by Crippen LogP contribution is -2.39. The number of nitrogens with two attached hydrogens (primary N) is 1. The summed E-state index contributed by atoms with van der Waals surface area (Å²) in [6.45, 7) is 8.40. The van der Waals surface area contributed by atoms with Gasteiger partial charge in [0.2, 0.25) is 0 Å². The molecule has 2 rings (SSSR count). The number of rotatable bonds is 4. The molecule has 1 aliphatic rings. The number of nitrogens with zero attached hydrogens (tertiary/aromatic N) is 4. The second-order valence-electron chi connectivity index (χ2n) is 5.60. The molecule has 0 bridgehead atoms. The minimum Gasteiger partial charge on any atom is -0.308 e. The van der Waals surface area contributed by atoms with E-state index in [0.29, 0.717) is 11.9 Å². The average Bonchev–Trinajstić information content (AvgIpc) is 2.59. The van der Waals surface area contributed by atoms with Crippen molar-refractivity contribution in [3.05, 3.63) is 17.6 Å². The zero-order chi connectivity index (χ0) is 14.5. The number of likely N-dealkylation sites (N-methyl/N-ethyl adjacent to an activating group) is 1. The smallest absolute Gasteiger partial charge is 0.145 e. The van der Waals surface area contributed by atoms with Crippen molar-refractivity contribution in [1.29, 1.82) is 0 Å². The van der Waals surface area contributed by atoms with Gasteiger partial charge in [0.15, 0.2) is 0 Å². The number of hydrogen-bond acceptors (Lipinski definition) is 6. The second kappa shape index (κ2) is 6.97. The van der Waals surface area contributed by atoms with E-state index in [2.05, 4.69) is 39.2 Å². The molecule has 1 aliphatic heterocycles. The normalized spacial score (nSPS) is 21.7. The van der Waals surface area contributed by atoms with E-state index in [0.717, 1.165) is 44.1 Å². The number of anilines is 1. The zero-order valence-corrected chi connectivity index (χ0v) is 12.8. The number of aryl methyl sites for hydroxylation is 1. The summed E-state index contributed by atoms with van der Waals surface area (Å²) in [5, 5.41) is 0.